The first-order valence-corrected chi connectivity index (χ1v) is 8.86. The number of aromatic nitrogens is 1. The zero-order valence-electron chi connectivity index (χ0n) is 14.7. The summed E-state index contributed by atoms with van der Waals surface area (Å²) in [6.07, 6.45) is 1.75. The lowest BCUT2D eigenvalue weighted by molar-refractivity contribution is 0.612. The Labute approximate surface area is 155 Å². The van der Waals surface area contributed by atoms with E-state index < -0.39 is 10.9 Å². The molecule has 4 rings (SSSR count). The lowest BCUT2D eigenvalue weighted by Crippen LogP contribution is -2.51. The van der Waals surface area contributed by atoms with Crippen molar-refractivity contribution in [3.63, 3.8) is 0 Å². The second-order valence-corrected chi connectivity index (χ2v) is 6.49. The van der Waals surface area contributed by atoms with Crippen molar-refractivity contribution in [2.75, 3.05) is 41.3 Å². The second-order valence-electron chi connectivity index (χ2n) is 6.49. The monoisotopic (exact) mass is 366 g/mol. The Bertz CT molecular complexity index is 1010. The van der Waals surface area contributed by atoms with Gasteiger partial charge < -0.3 is 15.1 Å². The molecule has 1 saturated heterocycles. The summed E-state index contributed by atoms with van der Waals surface area (Å²) in [6.45, 7) is 2.83. The van der Waals surface area contributed by atoms with Crippen LogP contribution in [0.4, 0.5) is 21.6 Å². The largest absolute Gasteiger partial charge is 0.376 e. The van der Waals surface area contributed by atoms with Crippen molar-refractivity contribution >= 4 is 17.2 Å². The number of rotatable bonds is 5. The van der Waals surface area contributed by atoms with Gasteiger partial charge >= 0.3 is 0 Å². The molecular formula is C20H19FN4O2. The Morgan fingerprint density at radius 1 is 0.926 bits per heavy atom. The Balaban J connectivity index is 1.45. The van der Waals surface area contributed by atoms with E-state index in [2.05, 4.69) is 15.2 Å². The Morgan fingerprint density at radius 3 is 2.33 bits per heavy atom. The van der Waals surface area contributed by atoms with E-state index in [1.807, 2.05) is 23.1 Å². The molecule has 3 aromatic rings. The van der Waals surface area contributed by atoms with E-state index >= 15 is 0 Å². The van der Waals surface area contributed by atoms with Crippen LogP contribution in [0.2, 0.25) is 0 Å². The standard InChI is InChI=1S/C20H19FN4O2/c21-15-6-2-1-5-14(15)13-23-17-18(20(27)19(17)26)25-11-9-24(10-12-25)16-7-3-4-8-22-16/h1-8,23H,9-13H2. The van der Waals surface area contributed by atoms with Crippen molar-refractivity contribution in [1.29, 1.82) is 0 Å². The summed E-state index contributed by atoms with van der Waals surface area (Å²) in [5.41, 5.74) is 0.147. The zero-order valence-corrected chi connectivity index (χ0v) is 14.7. The van der Waals surface area contributed by atoms with Crippen LogP contribution in [0.3, 0.4) is 0 Å². The lowest BCUT2D eigenvalue weighted by atomic mass is 10.1. The average molecular weight is 366 g/mol. The van der Waals surface area contributed by atoms with Crippen molar-refractivity contribution in [1.82, 2.24) is 4.98 Å². The molecule has 0 amide bonds. The van der Waals surface area contributed by atoms with Crippen LogP contribution in [0.5, 0.6) is 0 Å². The van der Waals surface area contributed by atoms with Gasteiger partial charge in [-0.3, -0.25) is 9.59 Å². The Morgan fingerprint density at radius 2 is 1.63 bits per heavy atom. The fourth-order valence-corrected chi connectivity index (χ4v) is 3.37. The number of halogens is 1. The van der Waals surface area contributed by atoms with Gasteiger partial charge in [0.15, 0.2) is 0 Å². The zero-order chi connectivity index (χ0) is 18.8. The molecular weight excluding hydrogens is 347 g/mol. The van der Waals surface area contributed by atoms with Gasteiger partial charge in [-0.1, -0.05) is 24.3 Å². The molecule has 2 aromatic carbocycles. The van der Waals surface area contributed by atoms with Gasteiger partial charge in [0.25, 0.3) is 10.9 Å². The molecule has 1 aromatic heterocycles. The molecule has 27 heavy (non-hydrogen) atoms. The minimum absolute atomic E-state index is 0.165. The smallest absolute Gasteiger partial charge is 0.253 e. The van der Waals surface area contributed by atoms with Gasteiger partial charge in [0, 0.05) is 44.5 Å². The van der Waals surface area contributed by atoms with E-state index in [1.54, 1.807) is 24.4 Å². The minimum Gasteiger partial charge on any atom is -0.376 e. The topological polar surface area (TPSA) is 65.5 Å². The fraction of sp³-hybridized carbons (Fsp3) is 0.250. The number of hydrogen-bond donors (Lipinski definition) is 1. The molecule has 138 valence electrons. The molecule has 7 heteroatoms. The molecule has 0 radical (unpaired) electrons. The van der Waals surface area contributed by atoms with Crippen LogP contribution in [0.15, 0.2) is 58.3 Å². The third kappa shape index (κ3) is 3.28. The summed E-state index contributed by atoms with van der Waals surface area (Å²) < 4.78 is 13.8. The quantitative estimate of drug-likeness (QED) is 0.694. The van der Waals surface area contributed by atoms with Gasteiger partial charge in [0.1, 0.15) is 23.0 Å². The summed E-state index contributed by atoms with van der Waals surface area (Å²) in [7, 11) is 0. The molecule has 1 fully saturated rings. The van der Waals surface area contributed by atoms with Crippen LogP contribution in [0, 0.1) is 5.82 Å². The summed E-state index contributed by atoms with van der Waals surface area (Å²) in [5.74, 6) is 0.564. The Kier molecular flexibility index (Phi) is 4.58. The highest BCUT2D eigenvalue weighted by atomic mass is 19.1. The summed E-state index contributed by atoms with van der Waals surface area (Å²) in [6, 6.07) is 12.1. The molecule has 1 N–H and O–H groups in total. The SMILES string of the molecule is O=c1c(NCc2ccccc2F)c(N2CCN(c3ccccn3)CC2)c1=O. The molecule has 0 atom stereocenters. The van der Waals surface area contributed by atoms with E-state index in [0.29, 0.717) is 37.4 Å². The van der Waals surface area contributed by atoms with Crippen LogP contribution < -0.4 is 26.0 Å². The van der Waals surface area contributed by atoms with Crippen molar-refractivity contribution in [3.05, 3.63) is 80.5 Å². The van der Waals surface area contributed by atoms with E-state index in [0.717, 1.165) is 5.82 Å². The summed E-state index contributed by atoms with van der Waals surface area (Å²) >= 11 is 0. The normalized spacial score (nSPS) is 14.6. The molecule has 0 unspecified atom stereocenters. The highest BCUT2D eigenvalue weighted by molar-refractivity contribution is 5.75. The first-order chi connectivity index (χ1) is 13.1. The lowest BCUT2D eigenvalue weighted by Gasteiger charge is -2.37. The van der Waals surface area contributed by atoms with Crippen LogP contribution in [0.1, 0.15) is 5.56 Å². The van der Waals surface area contributed by atoms with Gasteiger partial charge in [-0.05, 0) is 18.2 Å². The number of hydrogen-bond acceptors (Lipinski definition) is 6. The predicted octanol–water partition coefficient (Wildman–Crippen LogP) is 1.76. The number of piperazine rings is 1. The molecule has 1 aliphatic heterocycles. The second kappa shape index (κ2) is 7.19. The van der Waals surface area contributed by atoms with Gasteiger partial charge in [0.05, 0.1) is 0 Å². The summed E-state index contributed by atoms with van der Waals surface area (Å²) in [5, 5.41) is 2.95. The number of nitrogens with zero attached hydrogens (tertiary/aromatic N) is 3. The van der Waals surface area contributed by atoms with E-state index in [9.17, 15) is 14.0 Å². The maximum Gasteiger partial charge on any atom is 0.253 e. The maximum atomic E-state index is 13.8. The van der Waals surface area contributed by atoms with Crippen LogP contribution in [-0.4, -0.2) is 31.2 Å². The van der Waals surface area contributed by atoms with Gasteiger partial charge in [-0.15, -0.1) is 0 Å². The predicted molar refractivity (Wildman–Crippen MR) is 104 cm³/mol. The van der Waals surface area contributed by atoms with Gasteiger partial charge in [-0.2, -0.15) is 0 Å². The molecule has 2 heterocycles. The number of anilines is 3. The molecule has 0 saturated carbocycles. The number of pyridine rings is 1. The van der Waals surface area contributed by atoms with Crippen LogP contribution in [0.25, 0.3) is 0 Å². The van der Waals surface area contributed by atoms with E-state index in [4.69, 9.17) is 0 Å². The first kappa shape index (κ1) is 17.2. The van der Waals surface area contributed by atoms with Gasteiger partial charge in [0.2, 0.25) is 0 Å². The molecule has 0 aliphatic carbocycles. The highest BCUT2D eigenvalue weighted by Gasteiger charge is 2.28. The maximum absolute atomic E-state index is 13.8. The average Bonchev–Trinajstić information content (AvgIpc) is 2.72. The molecule has 6 nitrogen and oxygen atoms in total. The highest BCUT2D eigenvalue weighted by Crippen LogP contribution is 2.23. The Hall–Kier alpha value is -3.22. The minimum atomic E-state index is -0.534. The first-order valence-electron chi connectivity index (χ1n) is 8.86. The fourth-order valence-electron chi connectivity index (χ4n) is 3.37. The molecule has 1 aliphatic rings. The molecule has 0 bridgehead atoms. The van der Waals surface area contributed by atoms with Crippen molar-refractivity contribution in [3.8, 4) is 0 Å². The van der Waals surface area contributed by atoms with Gasteiger partial charge in [-0.25, -0.2) is 9.37 Å². The number of benzene rings is 1. The summed E-state index contributed by atoms with van der Waals surface area (Å²) in [4.78, 5) is 32.5. The number of nitrogens with one attached hydrogen (secondary N) is 1. The van der Waals surface area contributed by atoms with Crippen LogP contribution >= 0.6 is 0 Å². The van der Waals surface area contributed by atoms with Crippen LogP contribution in [-0.2, 0) is 6.54 Å². The molecule has 0 spiro atoms. The third-order valence-electron chi connectivity index (χ3n) is 4.87. The van der Waals surface area contributed by atoms with Crippen molar-refractivity contribution in [2.24, 2.45) is 0 Å². The third-order valence-corrected chi connectivity index (χ3v) is 4.87. The van der Waals surface area contributed by atoms with Crippen molar-refractivity contribution < 1.29 is 4.39 Å². The van der Waals surface area contributed by atoms with E-state index in [-0.39, 0.29) is 18.0 Å². The van der Waals surface area contributed by atoms with Crippen molar-refractivity contribution in [2.45, 2.75) is 6.54 Å². The van der Waals surface area contributed by atoms with E-state index in [1.165, 1.54) is 6.07 Å².